The number of nitrogens with zero attached hydrogens (tertiary/aromatic N) is 5. The number of benzene rings is 1. The molecule has 0 bridgehead atoms. The van der Waals surface area contributed by atoms with Crippen LogP contribution in [-0.4, -0.2) is 45.6 Å². The predicted molar refractivity (Wildman–Crippen MR) is 105 cm³/mol. The van der Waals surface area contributed by atoms with Gasteiger partial charge in [0.2, 0.25) is 5.91 Å². The average molecular weight is 377 g/mol. The van der Waals surface area contributed by atoms with Crippen molar-refractivity contribution >= 4 is 11.6 Å². The summed E-state index contributed by atoms with van der Waals surface area (Å²) < 4.78 is 7.32. The minimum absolute atomic E-state index is 0.0498. The third-order valence-electron chi connectivity index (χ3n) is 4.78. The minimum atomic E-state index is 0.0498. The van der Waals surface area contributed by atoms with E-state index in [0.717, 1.165) is 22.7 Å². The first-order chi connectivity index (χ1) is 13.5. The van der Waals surface area contributed by atoms with Gasteiger partial charge >= 0.3 is 0 Å². The SMILES string of the molecule is Cc1nc2c(C#N)cnn2c(C)c1CCC(=O)N(C)CCOc1ccccc1. The zero-order valence-corrected chi connectivity index (χ0v) is 16.3. The van der Waals surface area contributed by atoms with Gasteiger partial charge in [-0.1, -0.05) is 18.2 Å². The number of hydrogen-bond donors (Lipinski definition) is 0. The lowest BCUT2D eigenvalue weighted by atomic mass is 10.1. The molecule has 1 aromatic carbocycles. The number of carbonyl (C=O) groups is 1. The van der Waals surface area contributed by atoms with Gasteiger partial charge in [0.25, 0.3) is 0 Å². The molecule has 2 aromatic heterocycles. The summed E-state index contributed by atoms with van der Waals surface area (Å²) in [6.45, 7) is 4.81. The lowest BCUT2D eigenvalue weighted by Gasteiger charge is -2.18. The number of para-hydroxylation sites is 1. The highest BCUT2D eigenvalue weighted by Gasteiger charge is 2.16. The Kier molecular flexibility index (Phi) is 5.90. The van der Waals surface area contributed by atoms with Crippen molar-refractivity contribution < 1.29 is 9.53 Å². The zero-order chi connectivity index (χ0) is 20.1. The van der Waals surface area contributed by atoms with Crippen molar-refractivity contribution in [1.29, 1.82) is 5.26 Å². The Morgan fingerprint density at radius 1 is 1.29 bits per heavy atom. The highest BCUT2D eigenvalue weighted by atomic mass is 16.5. The summed E-state index contributed by atoms with van der Waals surface area (Å²) in [5.74, 6) is 0.846. The van der Waals surface area contributed by atoms with E-state index in [0.29, 0.717) is 37.2 Å². The maximum atomic E-state index is 12.5. The van der Waals surface area contributed by atoms with Crippen LogP contribution >= 0.6 is 0 Å². The van der Waals surface area contributed by atoms with Crippen LogP contribution in [0.4, 0.5) is 0 Å². The first-order valence-electron chi connectivity index (χ1n) is 9.17. The highest BCUT2D eigenvalue weighted by Crippen LogP contribution is 2.18. The second kappa shape index (κ2) is 8.53. The molecule has 0 saturated heterocycles. The largest absolute Gasteiger partial charge is 0.492 e. The lowest BCUT2D eigenvalue weighted by Crippen LogP contribution is -2.31. The van der Waals surface area contributed by atoms with Gasteiger partial charge in [0.15, 0.2) is 5.65 Å². The summed E-state index contributed by atoms with van der Waals surface area (Å²) >= 11 is 0. The molecule has 3 aromatic rings. The van der Waals surface area contributed by atoms with Crippen molar-refractivity contribution in [3.05, 3.63) is 59.0 Å². The molecule has 7 heteroatoms. The van der Waals surface area contributed by atoms with Crippen LogP contribution in [0.1, 0.15) is 28.9 Å². The molecule has 144 valence electrons. The van der Waals surface area contributed by atoms with Gasteiger partial charge in [-0.05, 0) is 38.0 Å². The van der Waals surface area contributed by atoms with Crippen molar-refractivity contribution in [2.45, 2.75) is 26.7 Å². The number of amides is 1. The first kappa shape index (κ1) is 19.4. The molecule has 7 nitrogen and oxygen atoms in total. The molecule has 28 heavy (non-hydrogen) atoms. The molecule has 0 N–H and O–H groups in total. The number of hydrogen-bond acceptors (Lipinski definition) is 5. The van der Waals surface area contributed by atoms with Gasteiger partial charge in [-0.3, -0.25) is 4.79 Å². The molecular weight excluding hydrogens is 354 g/mol. The van der Waals surface area contributed by atoms with E-state index in [4.69, 9.17) is 10.00 Å². The van der Waals surface area contributed by atoms with Gasteiger partial charge in [0.1, 0.15) is 24.0 Å². The third-order valence-corrected chi connectivity index (χ3v) is 4.78. The van der Waals surface area contributed by atoms with E-state index in [1.54, 1.807) is 16.5 Å². The number of fused-ring (bicyclic) bond motifs is 1. The van der Waals surface area contributed by atoms with Gasteiger partial charge in [-0.2, -0.15) is 10.4 Å². The number of rotatable bonds is 7. The Hall–Kier alpha value is -3.40. The topological polar surface area (TPSA) is 83.5 Å². The normalized spacial score (nSPS) is 10.6. The fraction of sp³-hybridized carbons (Fsp3) is 0.333. The number of aromatic nitrogens is 3. The predicted octanol–water partition coefficient (Wildman–Crippen LogP) is 2.69. The Morgan fingerprint density at radius 3 is 2.75 bits per heavy atom. The number of aryl methyl sites for hydroxylation is 2. The second-order valence-electron chi connectivity index (χ2n) is 6.64. The van der Waals surface area contributed by atoms with Crippen LogP contribution in [0.25, 0.3) is 5.65 Å². The molecule has 0 aliphatic heterocycles. The molecule has 0 spiro atoms. The first-order valence-corrected chi connectivity index (χ1v) is 9.17. The number of likely N-dealkylation sites (N-methyl/N-ethyl adjacent to an activating group) is 1. The molecule has 0 saturated carbocycles. The van der Waals surface area contributed by atoms with Crippen LogP contribution < -0.4 is 4.74 Å². The van der Waals surface area contributed by atoms with Crippen molar-refractivity contribution in [2.24, 2.45) is 0 Å². The van der Waals surface area contributed by atoms with Gasteiger partial charge in [0.05, 0.1) is 12.7 Å². The molecule has 2 heterocycles. The fourth-order valence-corrected chi connectivity index (χ4v) is 3.12. The molecule has 0 radical (unpaired) electrons. The van der Waals surface area contributed by atoms with Crippen LogP contribution in [0.2, 0.25) is 0 Å². The maximum absolute atomic E-state index is 12.5. The summed E-state index contributed by atoms with van der Waals surface area (Å²) in [4.78, 5) is 18.7. The number of carbonyl (C=O) groups excluding carboxylic acids is 1. The Morgan fingerprint density at radius 2 is 2.04 bits per heavy atom. The van der Waals surface area contributed by atoms with Crippen molar-refractivity contribution in [3.8, 4) is 11.8 Å². The van der Waals surface area contributed by atoms with Crippen LogP contribution in [0.5, 0.6) is 5.75 Å². The van der Waals surface area contributed by atoms with E-state index in [-0.39, 0.29) is 5.91 Å². The molecule has 1 amide bonds. The summed E-state index contributed by atoms with van der Waals surface area (Å²) in [6.07, 6.45) is 2.47. The summed E-state index contributed by atoms with van der Waals surface area (Å²) in [7, 11) is 1.78. The van der Waals surface area contributed by atoms with Gasteiger partial charge in [-0.15, -0.1) is 0 Å². The van der Waals surface area contributed by atoms with Crippen molar-refractivity contribution in [2.75, 3.05) is 20.2 Å². The Balaban J connectivity index is 1.58. The van der Waals surface area contributed by atoms with Crippen LogP contribution in [0.3, 0.4) is 0 Å². The van der Waals surface area contributed by atoms with E-state index >= 15 is 0 Å². The van der Waals surface area contributed by atoms with E-state index in [1.165, 1.54) is 6.20 Å². The molecule has 0 atom stereocenters. The standard InChI is InChI=1S/C21H23N5O2/c1-15-19(16(2)26-21(24-15)17(13-22)14-23-26)9-10-20(27)25(3)11-12-28-18-7-5-4-6-8-18/h4-8,14H,9-12H2,1-3H3. The number of ether oxygens (including phenoxy) is 1. The Bertz CT molecular complexity index is 1020. The van der Waals surface area contributed by atoms with Gasteiger partial charge in [-0.25, -0.2) is 9.50 Å². The summed E-state index contributed by atoms with van der Waals surface area (Å²) in [5.41, 5.74) is 3.73. The highest BCUT2D eigenvalue weighted by molar-refractivity contribution is 5.76. The number of nitriles is 1. The van der Waals surface area contributed by atoms with Gasteiger partial charge < -0.3 is 9.64 Å². The molecule has 3 rings (SSSR count). The van der Waals surface area contributed by atoms with Crippen LogP contribution in [0.15, 0.2) is 36.5 Å². The van der Waals surface area contributed by atoms with E-state index in [1.807, 2.05) is 44.2 Å². The lowest BCUT2D eigenvalue weighted by molar-refractivity contribution is -0.130. The van der Waals surface area contributed by atoms with Crippen LogP contribution in [0, 0.1) is 25.2 Å². The van der Waals surface area contributed by atoms with E-state index in [9.17, 15) is 4.79 Å². The quantitative estimate of drug-likeness (QED) is 0.632. The smallest absolute Gasteiger partial charge is 0.222 e. The fourth-order valence-electron chi connectivity index (χ4n) is 3.12. The van der Waals surface area contributed by atoms with E-state index < -0.39 is 0 Å². The molecule has 0 aliphatic carbocycles. The summed E-state index contributed by atoms with van der Waals surface area (Å²) in [5, 5.41) is 13.4. The van der Waals surface area contributed by atoms with Crippen molar-refractivity contribution in [3.63, 3.8) is 0 Å². The second-order valence-corrected chi connectivity index (χ2v) is 6.64. The van der Waals surface area contributed by atoms with Crippen molar-refractivity contribution in [1.82, 2.24) is 19.5 Å². The Labute approximate surface area is 164 Å². The average Bonchev–Trinajstić information content (AvgIpc) is 3.11. The summed E-state index contributed by atoms with van der Waals surface area (Å²) in [6, 6.07) is 11.7. The monoisotopic (exact) mass is 377 g/mol. The zero-order valence-electron chi connectivity index (χ0n) is 16.3. The molecule has 0 fully saturated rings. The third kappa shape index (κ3) is 4.12. The molecule has 0 aliphatic rings. The maximum Gasteiger partial charge on any atom is 0.222 e. The minimum Gasteiger partial charge on any atom is -0.492 e. The van der Waals surface area contributed by atoms with Crippen LogP contribution in [-0.2, 0) is 11.2 Å². The van der Waals surface area contributed by atoms with Gasteiger partial charge in [0, 0.05) is 24.9 Å². The molecule has 0 unspecified atom stereocenters. The van der Waals surface area contributed by atoms with E-state index in [2.05, 4.69) is 16.2 Å². The molecular formula is C21H23N5O2.